The van der Waals surface area contributed by atoms with Crippen LogP contribution in [-0.4, -0.2) is 26.1 Å². The zero-order valence-corrected chi connectivity index (χ0v) is 15.3. The smallest absolute Gasteiger partial charge is 0.146 e. The Bertz CT molecular complexity index is 1210. The SMILES string of the molecule is Nc1ccc2ccc(NCC3=CC(n4ccc5c(N)ncnc54)CC3)cc2n1. The first-order valence-electron chi connectivity index (χ1n) is 9.34. The van der Waals surface area contributed by atoms with Gasteiger partial charge in [-0.05, 0) is 43.2 Å². The molecule has 7 heteroatoms. The normalized spacial score (nSPS) is 16.6. The van der Waals surface area contributed by atoms with Crippen molar-refractivity contribution in [3.8, 4) is 0 Å². The molecule has 28 heavy (non-hydrogen) atoms. The summed E-state index contributed by atoms with van der Waals surface area (Å²) in [5, 5.41) is 5.50. The second-order valence-corrected chi connectivity index (χ2v) is 7.15. The lowest BCUT2D eigenvalue weighted by Gasteiger charge is -2.10. The van der Waals surface area contributed by atoms with Crippen LogP contribution in [0.4, 0.5) is 17.3 Å². The molecule has 140 valence electrons. The first-order chi connectivity index (χ1) is 13.7. The zero-order chi connectivity index (χ0) is 19.1. The molecule has 5 rings (SSSR count). The van der Waals surface area contributed by atoms with Crippen LogP contribution in [0.25, 0.3) is 21.9 Å². The van der Waals surface area contributed by atoms with Crippen molar-refractivity contribution in [1.29, 1.82) is 0 Å². The van der Waals surface area contributed by atoms with Gasteiger partial charge in [0.05, 0.1) is 16.9 Å². The van der Waals surface area contributed by atoms with E-state index in [0.717, 1.165) is 47.0 Å². The van der Waals surface area contributed by atoms with Crippen molar-refractivity contribution in [2.24, 2.45) is 0 Å². The van der Waals surface area contributed by atoms with Gasteiger partial charge in [-0.3, -0.25) is 0 Å². The Kier molecular flexibility index (Phi) is 3.86. The summed E-state index contributed by atoms with van der Waals surface area (Å²) in [4.78, 5) is 12.9. The highest BCUT2D eigenvalue weighted by atomic mass is 15.1. The molecule has 1 aromatic carbocycles. The van der Waals surface area contributed by atoms with Gasteiger partial charge in [0.1, 0.15) is 23.6 Å². The fourth-order valence-electron chi connectivity index (χ4n) is 3.86. The summed E-state index contributed by atoms with van der Waals surface area (Å²) < 4.78 is 2.18. The number of hydrogen-bond acceptors (Lipinski definition) is 6. The van der Waals surface area contributed by atoms with E-state index in [2.05, 4.69) is 43.0 Å². The Morgan fingerprint density at radius 2 is 2.00 bits per heavy atom. The summed E-state index contributed by atoms with van der Waals surface area (Å²) in [5.41, 5.74) is 16.0. The fraction of sp³-hybridized carbons (Fsp3) is 0.190. The number of pyridine rings is 1. The Balaban J connectivity index is 1.33. The second-order valence-electron chi connectivity index (χ2n) is 7.15. The lowest BCUT2D eigenvalue weighted by atomic mass is 10.2. The standard InChI is InChI=1S/C21H21N7/c22-19-6-3-14-2-4-15(10-18(14)27-19)24-11-13-1-5-16(9-13)28-8-7-17-20(23)25-12-26-21(17)28/h2-4,6-10,12,16,24H,1,5,11H2,(H2,22,27)(H2,23,25,26). The van der Waals surface area contributed by atoms with E-state index in [0.29, 0.717) is 17.7 Å². The van der Waals surface area contributed by atoms with E-state index in [4.69, 9.17) is 11.5 Å². The van der Waals surface area contributed by atoms with Gasteiger partial charge in [-0.1, -0.05) is 17.7 Å². The Hall–Kier alpha value is -3.61. The van der Waals surface area contributed by atoms with Gasteiger partial charge >= 0.3 is 0 Å². The molecule has 0 saturated carbocycles. The van der Waals surface area contributed by atoms with Crippen LogP contribution in [0, 0.1) is 0 Å². The minimum Gasteiger partial charge on any atom is -0.384 e. The number of rotatable bonds is 4. The highest BCUT2D eigenvalue weighted by Gasteiger charge is 2.19. The van der Waals surface area contributed by atoms with Crippen LogP contribution in [0.2, 0.25) is 0 Å². The van der Waals surface area contributed by atoms with Crippen LogP contribution >= 0.6 is 0 Å². The molecule has 0 bridgehead atoms. The number of allylic oxidation sites excluding steroid dienone is 1. The molecule has 4 aromatic rings. The summed E-state index contributed by atoms with van der Waals surface area (Å²) in [6.07, 6.45) is 8.00. The zero-order valence-electron chi connectivity index (χ0n) is 15.3. The van der Waals surface area contributed by atoms with Crippen molar-refractivity contribution in [2.45, 2.75) is 18.9 Å². The Labute approximate surface area is 162 Å². The van der Waals surface area contributed by atoms with Gasteiger partial charge in [0.25, 0.3) is 0 Å². The van der Waals surface area contributed by atoms with E-state index in [-0.39, 0.29) is 0 Å². The summed E-state index contributed by atoms with van der Waals surface area (Å²) >= 11 is 0. The number of hydrogen-bond donors (Lipinski definition) is 3. The number of fused-ring (bicyclic) bond motifs is 2. The molecule has 1 unspecified atom stereocenters. The van der Waals surface area contributed by atoms with Crippen molar-refractivity contribution >= 4 is 39.3 Å². The molecule has 1 aliphatic carbocycles. The van der Waals surface area contributed by atoms with Crippen LogP contribution < -0.4 is 16.8 Å². The van der Waals surface area contributed by atoms with Gasteiger partial charge in [-0.25, -0.2) is 15.0 Å². The third-order valence-corrected chi connectivity index (χ3v) is 5.32. The summed E-state index contributed by atoms with van der Waals surface area (Å²) in [5.74, 6) is 1.06. The monoisotopic (exact) mass is 371 g/mol. The largest absolute Gasteiger partial charge is 0.384 e. The van der Waals surface area contributed by atoms with E-state index in [9.17, 15) is 0 Å². The number of aromatic nitrogens is 4. The molecule has 0 aliphatic heterocycles. The van der Waals surface area contributed by atoms with Crippen LogP contribution in [0.15, 0.2) is 60.6 Å². The number of anilines is 3. The van der Waals surface area contributed by atoms with Gasteiger partial charge in [0.2, 0.25) is 0 Å². The van der Waals surface area contributed by atoms with Crippen molar-refractivity contribution in [1.82, 2.24) is 19.5 Å². The highest BCUT2D eigenvalue weighted by Crippen LogP contribution is 2.32. The van der Waals surface area contributed by atoms with Crippen LogP contribution in [0.1, 0.15) is 18.9 Å². The van der Waals surface area contributed by atoms with Crippen LogP contribution in [0.3, 0.4) is 0 Å². The number of nitrogens with zero attached hydrogens (tertiary/aromatic N) is 4. The first kappa shape index (κ1) is 16.6. The predicted molar refractivity (Wildman–Crippen MR) is 113 cm³/mol. The maximum Gasteiger partial charge on any atom is 0.146 e. The van der Waals surface area contributed by atoms with Gasteiger partial charge in [0.15, 0.2) is 0 Å². The molecule has 7 nitrogen and oxygen atoms in total. The number of nitrogens with two attached hydrogens (primary N) is 2. The Morgan fingerprint density at radius 3 is 2.93 bits per heavy atom. The molecule has 1 aliphatic rings. The lowest BCUT2D eigenvalue weighted by molar-refractivity contribution is 0.604. The molecule has 5 N–H and O–H groups in total. The number of benzene rings is 1. The van der Waals surface area contributed by atoms with Gasteiger partial charge in [-0.2, -0.15) is 0 Å². The molecular weight excluding hydrogens is 350 g/mol. The molecule has 0 amide bonds. The first-order valence-corrected chi connectivity index (χ1v) is 9.34. The molecule has 0 spiro atoms. The van der Waals surface area contributed by atoms with E-state index in [1.807, 2.05) is 30.5 Å². The number of nitrogens with one attached hydrogen (secondary N) is 1. The third-order valence-electron chi connectivity index (χ3n) is 5.32. The average Bonchev–Trinajstić information content (AvgIpc) is 3.33. The van der Waals surface area contributed by atoms with Crippen molar-refractivity contribution in [2.75, 3.05) is 23.3 Å². The quantitative estimate of drug-likeness (QED) is 0.474. The Morgan fingerprint density at radius 1 is 1.11 bits per heavy atom. The average molecular weight is 371 g/mol. The van der Waals surface area contributed by atoms with Crippen LogP contribution in [0.5, 0.6) is 0 Å². The maximum absolute atomic E-state index is 5.95. The van der Waals surface area contributed by atoms with E-state index in [1.54, 1.807) is 0 Å². The van der Waals surface area contributed by atoms with E-state index >= 15 is 0 Å². The van der Waals surface area contributed by atoms with Gasteiger partial charge in [-0.15, -0.1) is 0 Å². The fourth-order valence-corrected chi connectivity index (χ4v) is 3.86. The summed E-state index contributed by atoms with van der Waals surface area (Å²) in [6, 6.07) is 12.3. The number of nitrogen functional groups attached to an aromatic ring is 2. The van der Waals surface area contributed by atoms with E-state index in [1.165, 1.54) is 11.9 Å². The lowest BCUT2D eigenvalue weighted by Crippen LogP contribution is -2.04. The summed E-state index contributed by atoms with van der Waals surface area (Å²) in [6.45, 7) is 0.806. The van der Waals surface area contributed by atoms with Gasteiger partial charge in [0, 0.05) is 23.8 Å². The van der Waals surface area contributed by atoms with Crippen molar-refractivity contribution < 1.29 is 0 Å². The molecule has 1 atom stereocenters. The maximum atomic E-state index is 5.95. The van der Waals surface area contributed by atoms with Gasteiger partial charge < -0.3 is 21.4 Å². The third kappa shape index (κ3) is 2.90. The molecule has 0 saturated heterocycles. The molecule has 0 radical (unpaired) electrons. The predicted octanol–water partition coefficient (Wildman–Crippen LogP) is 3.52. The molecular formula is C21H21N7. The molecule has 3 heterocycles. The molecule has 3 aromatic heterocycles. The minimum atomic E-state index is 0.293. The van der Waals surface area contributed by atoms with Crippen molar-refractivity contribution in [3.05, 3.63) is 60.6 Å². The topological polar surface area (TPSA) is 108 Å². The van der Waals surface area contributed by atoms with E-state index < -0.39 is 0 Å². The minimum absolute atomic E-state index is 0.293. The molecule has 0 fully saturated rings. The summed E-state index contributed by atoms with van der Waals surface area (Å²) in [7, 11) is 0. The highest BCUT2D eigenvalue weighted by molar-refractivity contribution is 5.86. The van der Waals surface area contributed by atoms with Crippen molar-refractivity contribution in [3.63, 3.8) is 0 Å². The second kappa shape index (κ2) is 6.53. The van der Waals surface area contributed by atoms with Crippen LogP contribution in [-0.2, 0) is 0 Å².